The number of primary sulfonamides is 1. The Hall–Kier alpha value is -4.25. The summed E-state index contributed by atoms with van der Waals surface area (Å²) in [6, 6.07) is 21.2. The predicted octanol–water partition coefficient (Wildman–Crippen LogP) is 3.67. The van der Waals surface area contributed by atoms with Gasteiger partial charge in [0.2, 0.25) is 10.0 Å². The number of aryl methyl sites for hydroxylation is 1. The molecule has 0 aliphatic rings. The highest BCUT2D eigenvalue weighted by Crippen LogP contribution is 2.30. The van der Waals surface area contributed by atoms with Crippen molar-refractivity contribution < 1.29 is 18.3 Å². The molecule has 9 nitrogen and oxygen atoms in total. The first-order valence-electron chi connectivity index (χ1n) is 11.8. The van der Waals surface area contributed by atoms with E-state index in [2.05, 4.69) is 10.3 Å². The van der Waals surface area contributed by atoms with Crippen molar-refractivity contribution in [3.8, 4) is 16.9 Å². The molecule has 0 radical (unpaired) electrons. The molecule has 0 saturated heterocycles. The van der Waals surface area contributed by atoms with Crippen molar-refractivity contribution >= 4 is 21.7 Å². The van der Waals surface area contributed by atoms with Crippen LogP contribution < -0.4 is 20.9 Å². The highest BCUT2D eigenvalue weighted by molar-refractivity contribution is 7.89. The summed E-state index contributed by atoms with van der Waals surface area (Å²) in [5.74, 6) is 1.17. The Bertz CT molecular complexity index is 1570. The number of aliphatic hydroxyl groups excluding tert-OH is 1. The van der Waals surface area contributed by atoms with Crippen LogP contribution in [0.4, 0.5) is 5.82 Å². The van der Waals surface area contributed by atoms with Gasteiger partial charge in [0.15, 0.2) is 0 Å². The SMILES string of the molecule is Cc1ccc(CNc2ccc(-c3ccccc3S(N)(=O)=O)cn2)c(CO)c1OCc1cccc(C(=N)N)c1. The molecule has 7 N–H and O–H groups in total. The van der Waals surface area contributed by atoms with Crippen LogP contribution in [-0.2, 0) is 29.8 Å². The number of ether oxygens (including phenoxy) is 1. The molecule has 0 unspecified atom stereocenters. The van der Waals surface area contributed by atoms with Gasteiger partial charge in [-0.2, -0.15) is 0 Å². The van der Waals surface area contributed by atoms with E-state index in [9.17, 15) is 13.5 Å². The average Bonchev–Trinajstić information content (AvgIpc) is 2.91. The van der Waals surface area contributed by atoms with Gasteiger partial charge in [-0.05, 0) is 47.9 Å². The van der Waals surface area contributed by atoms with Crippen LogP contribution in [0.15, 0.2) is 83.9 Å². The maximum atomic E-state index is 11.9. The minimum absolute atomic E-state index is 0.0117. The maximum Gasteiger partial charge on any atom is 0.238 e. The number of anilines is 1. The molecule has 1 heterocycles. The second-order valence-electron chi connectivity index (χ2n) is 8.74. The summed E-state index contributed by atoms with van der Waals surface area (Å²) in [6.45, 7) is 2.34. The van der Waals surface area contributed by atoms with Crippen molar-refractivity contribution in [1.82, 2.24) is 4.98 Å². The number of nitrogens with one attached hydrogen (secondary N) is 2. The van der Waals surface area contributed by atoms with E-state index >= 15 is 0 Å². The van der Waals surface area contributed by atoms with Crippen LogP contribution in [0.2, 0.25) is 0 Å². The van der Waals surface area contributed by atoms with Crippen LogP contribution in [0.5, 0.6) is 5.75 Å². The molecule has 1 aromatic heterocycles. The van der Waals surface area contributed by atoms with Gasteiger partial charge < -0.3 is 20.9 Å². The fraction of sp³-hybridized carbons (Fsp3) is 0.143. The summed E-state index contributed by atoms with van der Waals surface area (Å²) < 4.78 is 30.0. The lowest BCUT2D eigenvalue weighted by atomic mass is 10.0. The molecule has 38 heavy (non-hydrogen) atoms. The van der Waals surface area contributed by atoms with Crippen molar-refractivity contribution in [2.45, 2.75) is 31.6 Å². The van der Waals surface area contributed by atoms with Gasteiger partial charge >= 0.3 is 0 Å². The minimum atomic E-state index is -3.88. The lowest BCUT2D eigenvalue weighted by Crippen LogP contribution is -2.13. The largest absolute Gasteiger partial charge is 0.488 e. The molecule has 0 atom stereocenters. The molecule has 0 aliphatic heterocycles. The molecule has 196 valence electrons. The number of pyridine rings is 1. The summed E-state index contributed by atoms with van der Waals surface area (Å²) in [4.78, 5) is 4.46. The highest BCUT2D eigenvalue weighted by atomic mass is 32.2. The van der Waals surface area contributed by atoms with Gasteiger partial charge in [0, 0.05) is 35.0 Å². The Morgan fingerprint density at radius 1 is 1.08 bits per heavy atom. The van der Waals surface area contributed by atoms with Gasteiger partial charge in [0.1, 0.15) is 24.0 Å². The number of amidine groups is 1. The van der Waals surface area contributed by atoms with Crippen molar-refractivity contribution in [3.63, 3.8) is 0 Å². The average molecular weight is 532 g/mol. The van der Waals surface area contributed by atoms with E-state index in [1.165, 1.54) is 6.07 Å². The van der Waals surface area contributed by atoms with Crippen molar-refractivity contribution in [2.24, 2.45) is 10.9 Å². The summed E-state index contributed by atoms with van der Waals surface area (Å²) in [5, 5.41) is 26.4. The molecule has 3 aromatic carbocycles. The van der Waals surface area contributed by atoms with Crippen LogP contribution in [0, 0.1) is 12.3 Å². The topological polar surface area (TPSA) is 164 Å². The molecule has 0 aliphatic carbocycles. The third kappa shape index (κ3) is 6.17. The molecule has 4 rings (SSSR count). The number of aromatic nitrogens is 1. The van der Waals surface area contributed by atoms with Gasteiger partial charge in [0.25, 0.3) is 0 Å². The second kappa shape index (κ2) is 11.4. The van der Waals surface area contributed by atoms with E-state index in [1.807, 2.05) is 31.2 Å². The third-order valence-corrected chi connectivity index (χ3v) is 7.03. The minimum Gasteiger partial charge on any atom is -0.488 e. The third-order valence-electron chi connectivity index (χ3n) is 6.06. The first-order valence-corrected chi connectivity index (χ1v) is 13.3. The first kappa shape index (κ1) is 26.8. The Balaban J connectivity index is 1.50. The Morgan fingerprint density at radius 3 is 2.55 bits per heavy atom. The summed E-state index contributed by atoms with van der Waals surface area (Å²) in [5.41, 5.74) is 10.6. The predicted molar refractivity (Wildman–Crippen MR) is 147 cm³/mol. The lowest BCUT2D eigenvalue weighted by Gasteiger charge is -2.18. The Kier molecular flexibility index (Phi) is 8.06. The number of sulfonamides is 1. The van der Waals surface area contributed by atoms with Gasteiger partial charge in [-0.15, -0.1) is 0 Å². The van der Waals surface area contributed by atoms with E-state index in [1.54, 1.807) is 48.7 Å². The van der Waals surface area contributed by atoms with E-state index < -0.39 is 10.0 Å². The molecule has 0 saturated carbocycles. The zero-order valence-electron chi connectivity index (χ0n) is 20.8. The van der Waals surface area contributed by atoms with E-state index in [-0.39, 0.29) is 23.9 Å². The number of benzene rings is 3. The van der Waals surface area contributed by atoms with Gasteiger partial charge in [-0.25, -0.2) is 18.5 Å². The molecule has 0 fully saturated rings. The van der Waals surface area contributed by atoms with Crippen LogP contribution in [0.25, 0.3) is 11.1 Å². The van der Waals surface area contributed by atoms with Crippen LogP contribution >= 0.6 is 0 Å². The molecule has 10 heteroatoms. The first-order chi connectivity index (χ1) is 18.2. The zero-order chi connectivity index (χ0) is 27.3. The summed E-state index contributed by atoms with van der Waals surface area (Å²) in [7, 11) is -3.88. The van der Waals surface area contributed by atoms with Crippen molar-refractivity contribution in [2.75, 3.05) is 5.32 Å². The summed E-state index contributed by atoms with van der Waals surface area (Å²) >= 11 is 0. The number of rotatable bonds is 10. The van der Waals surface area contributed by atoms with Gasteiger partial charge in [-0.3, -0.25) is 5.41 Å². The lowest BCUT2D eigenvalue weighted by molar-refractivity contribution is 0.257. The number of aliphatic hydroxyl groups is 1. The van der Waals surface area contributed by atoms with Crippen LogP contribution in [0.3, 0.4) is 0 Å². The van der Waals surface area contributed by atoms with Crippen LogP contribution in [0.1, 0.15) is 27.8 Å². The van der Waals surface area contributed by atoms with Crippen LogP contribution in [-0.4, -0.2) is 24.3 Å². The Labute approximate surface area is 221 Å². The quantitative estimate of drug-likeness (QED) is 0.154. The standard InChI is InChI=1S/C28H29N5O4S/c1-18-9-10-22(24(16-34)27(18)37-17-19-5-4-6-20(13-19)28(29)30)15-33-26-12-11-21(14-32-26)23-7-2-3-8-25(23)38(31,35)36/h2-14,34H,15-17H2,1H3,(H3,29,30)(H,32,33)(H2,31,35,36). The number of nitrogens with zero attached hydrogens (tertiary/aromatic N) is 1. The number of nitrogens with two attached hydrogens (primary N) is 2. The van der Waals surface area contributed by atoms with Crippen molar-refractivity contribution in [1.29, 1.82) is 5.41 Å². The number of hydrogen-bond donors (Lipinski definition) is 5. The van der Waals surface area contributed by atoms with Gasteiger partial charge in [0.05, 0.1) is 11.5 Å². The van der Waals surface area contributed by atoms with Gasteiger partial charge in [-0.1, -0.05) is 48.5 Å². The normalized spacial score (nSPS) is 11.2. The number of hydrogen-bond acceptors (Lipinski definition) is 7. The fourth-order valence-electron chi connectivity index (χ4n) is 4.11. The fourth-order valence-corrected chi connectivity index (χ4v) is 4.87. The molecular formula is C28H29N5O4S. The molecule has 0 spiro atoms. The van der Waals surface area contributed by atoms with E-state index in [0.717, 1.165) is 16.7 Å². The molecule has 0 bridgehead atoms. The van der Waals surface area contributed by atoms with Crippen molar-refractivity contribution in [3.05, 3.63) is 107 Å². The Morgan fingerprint density at radius 2 is 1.87 bits per heavy atom. The smallest absolute Gasteiger partial charge is 0.238 e. The zero-order valence-corrected chi connectivity index (χ0v) is 21.6. The second-order valence-corrected chi connectivity index (χ2v) is 10.3. The molecular weight excluding hydrogens is 502 g/mol. The number of nitrogen functional groups attached to an aromatic ring is 1. The maximum absolute atomic E-state index is 11.9. The molecule has 0 amide bonds. The monoisotopic (exact) mass is 531 g/mol. The molecule has 4 aromatic rings. The highest BCUT2D eigenvalue weighted by Gasteiger charge is 2.16. The summed E-state index contributed by atoms with van der Waals surface area (Å²) in [6.07, 6.45) is 1.58. The van der Waals surface area contributed by atoms with E-state index in [0.29, 0.717) is 40.4 Å². The van der Waals surface area contributed by atoms with E-state index in [4.69, 9.17) is 21.0 Å².